The minimum atomic E-state index is -0.639. The molecule has 1 fully saturated rings. The fourth-order valence-electron chi connectivity index (χ4n) is 3.12. The molecule has 0 saturated carbocycles. The van der Waals surface area contributed by atoms with Gasteiger partial charge in [-0.15, -0.1) is 0 Å². The van der Waals surface area contributed by atoms with E-state index in [9.17, 15) is 19.2 Å². The van der Waals surface area contributed by atoms with Crippen LogP contribution >= 0.6 is 35.0 Å². The summed E-state index contributed by atoms with van der Waals surface area (Å²) in [6, 6.07) is 7.43. The number of carbonyl (C=O) groups is 4. The van der Waals surface area contributed by atoms with Crippen molar-refractivity contribution in [2.75, 3.05) is 32.7 Å². The molecule has 0 unspecified atom stereocenters. The van der Waals surface area contributed by atoms with Crippen LogP contribution < -0.4 is 14.8 Å². The molecule has 1 aliphatic heterocycles. The lowest BCUT2D eigenvalue weighted by molar-refractivity contribution is -0.127. The number of methoxy groups -OCH3 is 2. The third-order valence-electron chi connectivity index (χ3n) is 4.67. The number of halogens is 2. The van der Waals surface area contributed by atoms with Gasteiger partial charge in [0.15, 0.2) is 11.5 Å². The van der Waals surface area contributed by atoms with Crippen LogP contribution in [0, 0.1) is 0 Å². The Morgan fingerprint density at radius 1 is 1.09 bits per heavy atom. The molecule has 2 aromatic carbocycles. The third-order valence-corrected chi connectivity index (χ3v) is 6.19. The summed E-state index contributed by atoms with van der Waals surface area (Å²) >= 11 is 12.9. The topological polar surface area (TPSA) is 111 Å². The molecule has 0 aromatic heterocycles. The lowest BCUT2D eigenvalue weighted by Gasteiger charge is -2.13. The number of benzene rings is 2. The van der Waals surface area contributed by atoms with Crippen LogP contribution in [0.5, 0.6) is 11.5 Å². The molecular weight excluding hydrogens is 519 g/mol. The Kier molecular flexibility index (Phi) is 8.66. The summed E-state index contributed by atoms with van der Waals surface area (Å²) in [6.45, 7) is 1.29. The number of amides is 3. The van der Waals surface area contributed by atoms with Crippen LogP contribution in [0.15, 0.2) is 35.2 Å². The highest BCUT2D eigenvalue weighted by molar-refractivity contribution is 8.18. The maximum absolute atomic E-state index is 12.8. The molecule has 0 radical (unpaired) electrons. The van der Waals surface area contributed by atoms with E-state index in [2.05, 4.69) is 5.32 Å². The third kappa shape index (κ3) is 6.08. The van der Waals surface area contributed by atoms with E-state index < -0.39 is 29.6 Å². The number of thioether (sulfide) groups is 1. The molecule has 35 heavy (non-hydrogen) atoms. The number of hydrogen-bond donors (Lipinski definition) is 1. The first kappa shape index (κ1) is 26.4. The van der Waals surface area contributed by atoms with Crippen LogP contribution in [0.2, 0.25) is 10.0 Å². The lowest BCUT2D eigenvalue weighted by atomic mass is 10.1. The van der Waals surface area contributed by atoms with Crippen molar-refractivity contribution in [3.8, 4) is 11.5 Å². The molecule has 9 nitrogen and oxygen atoms in total. The van der Waals surface area contributed by atoms with Gasteiger partial charge in [-0.25, -0.2) is 4.79 Å². The van der Waals surface area contributed by atoms with Crippen molar-refractivity contribution in [2.45, 2.75) is 6.92 Å². The molecule has 1 saturated heterocycles. The van der Waals surface area contributed by atoms with E-state index in [1.165, 1.54) is 38.5 Å². The van der Waals surface area contributed by atoms with Gasteiger partial charge in [-0.1, -0.05) is 23.2 Å². The Bertz CT molecular complexity index is 1230. The predicted molar refractivity (Wildman–Crippen MR) is 133 cm³/mol. The van der Waals surface area contributed by atoms with Crippen LogP contribution in [0.4, 0.5) is 10.5 Å². The predicted octanol–water partition coefficient (Wildman–Crippen LogP) is 4.86. The minimum absolute atomic E-state index is 0.0778. The second-order valence-corrected chi connectivity index (χ2v) is 8.78. The summed E-state index contributed by atoms with van der Waals surface area (Å²) in [5, 5.41) is 2.37. The number of imide groups is 1. The molecule has 0 aliphatic carbocycles. The summed E-state index contributed by atoms with van der Waals surface area (Å²) in [4.78, 5) is 50.7. The largest absolute Gasteiger partial charge is 0.493 e. The van der Waals surface area contributed by atoms with Crippen molar-refractivity contribution in [2.24, 2.45) is 0 Å². The van der Waals surface area contributed by atoms with Gasteiger partial charge in [0.25, 0.3) is 11.1 Å². The first-order chi connectivity index (χ1) is 16.7. The van der Waals surface area contributed by atoms with Crippen molar-refractivity contribution < 1.29 is 33.4 Å². The highest BCUT2D eigenvalue weighted by Gasteiger charge is 2.36. The molecule has 1 N–H and O–H groups in total. The van der Waals surface area contributed by atoms with Crippen LogP contribution in [-0.4, -0.2) is 55.3 Å². The summed E-state index contributed by atoms with van der Waals surface area (Å²) in [5.41, 5.74) is 0.842. The Labute approximate surface area is 215 Å². The van der Waals surface area contributed by atoms with Gasteiger partial charge in [-0.05, 0) is 60.7 Å². The van der Waals surface area contributed by atoms with Gasteiger partial charge < -0.3 is 19.5 Å². The number of carbonyl (C=O) groups excluding carboxylic acids is 4. The summed E-state index contributed by atoms with van der Waals surface area (Å²) in [5.74, 6) is -1.22. The van der Waals surface area contributed by atoms with E-state index in [1.54, 1.807) is 19.1 Å². The van der Waals surface area contributed by atoms with Crippen molar-refractivity contribution in [1.29, 1.82) is 0 Å². The van der Waals surface area contributed by atoms with Crippen LogP contribution in [0.25, 0.3) is 6.08 Å². The second kappa shape index (κ2) is 11.5. The summed E-state index contributed by atoms with van der Waals surface area (Å²) in [6.07, 6.45) is 1.47. The first-order valence-corrected chi connectivity index (χ1v) is 11.7. The van der Waals surface area contributed by atoms with E-state index in [0.717, 1.165) is 4.90 Å². The Hall–Kier alpha value is -3.21. The quantitative estimate of drug-likeness (QED) is 0.374. The van der Waals surface area contributed by atoms with Crippen molar-refractivity contribution in [3.05, 3.63) is 56.4 Å². The molecule has 1 aliphatic rings. The fourth-order valence-corrected chi connectivity index (χ4v) is 4.45. The second-order valence-electron chi connectivity index (χ2n) is 6.97. The van der Waals surface area contributed by atoms with Gasteiger partial charge in [-0.2, -0.15) is 0 Å². The lowest BCUT2D eigenvalue weighted by Crippen LogP contribution is -2.36. The van der Waals surface area contributed by atoms with Gasteiger partial charge >= 0.3 is 5.97 Å². The molecule has 3 rings (SSSR count). The Morgan fingerprint density at radius 2 is 1.83 bits per heavy atom. The number of ether oxygens (including phenoxy) is 3. The maximum Gasteiger partial charge on any atom is 0.339 e. The zero-order valence-corrected chi connectivity index (χ0v) is 21.2. The smallest absolute Gasteiger partial charge is 0.339 e. The SMILES string of the molecule is CCOC(=O)c1cc(NC(=O)CN2C(=O)S/C(=C\c3cc(Cl)c(OC)c(OC)c3)C2=O)ccc1Cl. The molecule has 0 atom stereocenters. The molecule has 184 valence electrons. The molecule has 12 heteroatoms. The van der Waals surface area contributed by atoms with Gasteiger partial charge in [0.1, 0.15) is 6.54 Å². The van der Waals surface area contributed by atoms with E-state index in [0.29, 0.717) is 28.8 Å². The number of esters is 1. The van der Waals surface area contributed by atoms with E-state index in [-0.39, 0.29) is 32.8 Å². The Morgan fingerprint density at radius 3 is 2.49 bits per heavy atom. The first-order valence-electron chi connectivity index (χ1n) is 10.1. The van der Waals surface area contributed by atoms with Crippen LogP contribution in [0.1, 0.15) is 22.8 Å². The fraction of sp³-hybridized carbons (Fsp3) is 0.217. The number of nitrogens with zero attached hydrogens (tertiary/aromatic N) is 1. The monoisotopic (exact) mass is 538 g/mol. The molecule has 0 bridgehead atoms. The number of hydrogen-bond acceptors (Lipinski definition) is 8. The number of rotatable bonds is 8. The molecular formula is C23H20Cl2N2O7S. The highest BCUT2D eigenvalue weighted by atomic mass is 35.5. The summed E-state index contributed by atoms with van der Waals surface area (Å²) in [7, 11) is 2.89. The standard InChI is InChI=1S/C23H20Cl2N2O7S/c1-4-34-22(30)14-10-13(5-6-15(14)24)26-19(28)11-27-21(29)18(35-23(27)31)9-12-7-16(25)20(33-3)17(8-12)32-2/h5-10H,4,11H2,1-3H3,(H,26,28)/b18-9-. The van der Waals surface area contributed by atoms with Gasteiger partial charge in [0.2, 0.25) is 5.91 Å². The average molecular weight is 539 g/mol. The van der Waals surface area contributed by atoms with Crippen molar-refractivity contribution in [3.63, 3.8) is 0 Å². The van der Waals surface area contributed by atoms with E-state index >= 15 is 0 Å². The molecule has 1 heterocycles. The number of nitrogens with one attached hydrogen (secondary N) is 1. The van der Waals surface area contributed by atoms with Crippen LogP contribution in [0.3, 0.4) is 0 Å². The average Bonchev–Trinajstić information content (AvgIpc) is 3.07. The van der Waals surface area contributed by atoms with Crippen LogP contribution in [-0.2, 0) is 14.3 Å². The van der Waals surface area contributed by atoms with Gasteiger partial charge in [0, 0.05) is 5.69 Å². The van der Waals surface area contributed by atoms with E-state index in [4.69, 9.17) is 37.4 Å². The van der Waals surface area contributed by atoms with Crippen molar-refractivity contribution in [1.82, 2.24) is 4.90 Å². The van der Waals surface area contributed by atoms with E-state index in [1.807, 2.05) is 0 Å². The summed E-state index contributed by atoms with van der Waals surface area (Å²) < 4.78 is 15.4. The molecule has 2 aromatic rings. The van der Waals surface area contributed by atoms with Crippen molar-refractivity contribution >= 4 is 69.8 Å². The molecule has 0 spiro atoms. The molecule has 3 amide bonds. The zero-order valence-electron chi connectivity index (χ0n) is 18.8. The zero-order chi connectivity index (χ0) is 25.7. The highest BCUT2D eigenvalue weighted by Crippen LogP contribution is 2.38. The van der Waals surface area contributed by atoms with Gasteiger partial charge in [-0.3, -0.25) is 19.3 Å². The van der Waals surface area contributed by atoms with Gasteiger partial charge in [0.05, 0.1) is 41.3 Å². The Balaban J connectivity index is 1.74. The minimum Gasteiger partial charge on any atom is -0.493 e. The number of anilines is 1. The normalized spacial score (nSPS) is 14.3. The maximum atomic E-state index is 12.8.